The van der Waals surface area contributed by atoms with Crippen molar-refractivity contribution in [2.75, 3.05) is 5.88 Å². The molecule has 0 aliphatic carbocycles. The zero-order chi connectivity index (χ0) is 9.68. The molecule has 0 bridgehead atoms. The summed E-state index contributed by atoms with van der Waals surface area (Å²) in [6, 6.07) is 5.40. The quantitative estimate of drug-likeness (QED) is 0.539. The van der Waals surface area contributed by atoms with Gasteiger partial charge in [0.2, 0.25) is 0 Å². The summed E-state index contributed by atoms with van der Waals surface area (Å²) in [4.78, 5) is 0. The smallest absolute Gasteiger partial charge is 0.119 e. The van der Waals surface area contributed by atoms with E-state index in [1.165, 1.54) is 0 Å². The molecule has 0 atom stereocenters. The van der Waals surface area contributed by atoms with Gasteiger partial charge >= 0.3 is 0 Å². The number of benzene rings is 1. The summed E-state index contributed by atoms with van der Waals surface area (Å²) in [7, 11) is 0. The molecule has 1 nitrogen and oxygen atoms in total. The first kappa shape index (κ1) is 9.95. The SMILES string of the molecule is Cc1ccc(C#CCCCl)cc1O. The fourth-order valence-electron chi connectivity index (χ4n) is 0.899. The maximum Gasteiger partial charge on any atom is 0.119 e. The molecular formula is C11H11ClO. The van der Waals surface area contributed by atoms with Crippen LogP contribution in [0.4, 0.5) is 0 Å². The van der Waals surface area contributed by atoms with Crippen molar-refractivity contribution in [1.29, 1.82) is 0 Å². The first-order valence-electron chi connectivity index (χ1n) is 4.08. The Balaban J connectivity index is 2.81. The molecule has 1 N–H and O–H groups in total. The van der Waals surface area contributed by atoms with E-state index < -0.39 is 0 Å². The number of aromatic hydroxyl groups is 1. The van der Waals surface area contributed by atoms with Crippen LogP contribution in [-0.2, 0) is 0 Å². The molecular weight excluding hydrogens is 184 g/mol. The third-order valence-electron chi connectivity index (χ3n) is 1.66. The van der Waals surface area contributed by atoms with E-state index in [1.807, 2.05) is 19.1 Å². The summed E-state index contributed by atoms with van der Waals surface area (Å²) in [5.74, 6) is 6.66. The Bertz CT molecular complexity index is 347. The molecule has 0 fully saturated rings. The van der Waals surface area contributed by atoms with Crippen molar-refractivity contribution in [3.63, 3.8) is 0 Å². The maximum atomic E-state index is 9.36. The molecule has 13 heavy (non-hydrogen) atoms. The second-order valence-electron chi connectivity index (χ2n) is 2.74. The topological polar surface area (TPSA) is 20.2 Å². The summed E-state index contributed by atoms with van der Waals surface area (Å²) in [5.41, 5.74) is 1.69. The van der Waals surface area contributed by atoms with Gasteiger partial charge in [-0.05, 0) is 24.6 Å². The van der Waals surface area contributed by atoms with E-state index in [0.29, 0.717) is 12.3 Å². The van der Waals surface area contributed by atoms with Crippen LogP contribution in [0.2, 0.25) is 0 Å². The van der Waals surface area contributed by atoms with Crippen molar-refractivity contribution in [2.24, 2.45) is 0 Å². The number of rotatable bonds is 1. The van der Waals surface area contributed by atoms with Gasteiger partial charge in [0.05, 0.1) is 0 Å². The van der Waals surface area contributed by atoms with Crippen molar-refractivity contribution in [1.82, 2.24) is 0 Å². The molecule has 1 rings (SSSR count). The number of hydrogen-bond donors (Lipinski definition) is 1. The highest BCUT2D eigenvalue weighted by atomic mass is 35.5. The monoisotopic (exact) mass is 194 g/mol. The predicted octanol–water partition coefficient (Wildman–Crippen LogP) is 2.68. The van der Waals surface area contributed by atoms with E-state index in [1.54, 1.807) is 6.07 Å². The van der Waals surface area contributed by atoms with Crippen LogP contribution in [0.25, 0.3) is 0 Å². The molecule has 0 aromatic heterocycles. The second kappa shape index (κ2) is 4.79. The molecule has 0 aliphatic rings. The Hall–Kier alpha value is -1.13. The fraction of sp³-hybridized carbons (Fsp3) is 0.273. The third-order valence-corrected chi connectivity index (χ3v) is 1.85. The number of aryl methyl sites for hydroxylation is 1. The van der Waals surface area contributed by atoms with Gasteiger partial charge < -0.3 is 5.11 Å². The Labute approximate surface area is 83.4 Å². The Morgan fingerprint density at radius 3 is 2.85 bits per heavy atom. The van der Waals surface area contributed by atoms with E-state index in [2.05, 4.69) is 11.8 Å². The third kappa shape index (κ3) is 3.01. The lowest BCUT2D eigenvalue weighted by Gasteiger charge is -1.97. The summed E-state index contributed by atoms with van der Waals surface area (Å²) in [6.45, 7) is 1.85. The van der Waals surface area contributed by atoms with Crippen LogP contribution in [-0.4, -0.2) is 11.0 Å². The standard InChI is InChI=1S/C11H11ClO/c1-9-5-6-10(8-11(9)13)4-2-3-7-12/h5-6,8,13H,3,7H2,1H3. The molecule has 68 valence electrons. The van der Waals surface area contributed by atoms with Crippen molar-refractivity contribution in [2.45, 2.75) is 13.3 Å². The van der Waals surface area contributed by atoms with Crippen molar-refractivity contribution >= 4 is 11.6 Å². The summed E-state index contributed by atoms with van der Waals surface area (Å²) in [6.07, 6.45) is 0.677. The van der Waals surface area contributed by atoms with Crippen LogP contribution >= 0.6 is 11.6 Å². The predicted molar refractivity (Wildman–Crippen MR) is 55.1 cm³/mol. The molecule has 0 radical (unpaired) electrons. The van der Waals surface area contributed by atoms with Gasteiger partial charge in [-0.1, -0.05) is 17.9 Å². The molecule has 2 heteroatoms. The van der Waals surface area contributed by atoms with Crippen LogP contribution in [0, 0.1) is 18.8 Å². The fourth-order valence-corrected chi connectivity index (χ4v) is 0.993. The summed E-state index contributed by atoms with van der Waals surface area (Å²) < 4.78 is 0. The Morgan fingerprint density at radius 2 is 2.23 bits per heavy atom. The van der Waals surface area contributed by atoms with Crippen molar-refractivity contribution < 1.29 is 5.11 Å². The van der Waals surface area contributed by atoms with Gasteiger partial charge in [-0.15, -0.1) is 11.6 Å². The summed E-state index contributed by atoms with van der Waals surface area (Å²) >= 11 is 5.47. The molecule has 0 amide bonds. The minimum atomic E-state index is 0.290. The van der Waals surface area contributed by atoms with Gasteiger partial charge in [0.15, 0.2) is 0 Å². The molecule has 0 saturated heterocycles. The average Bonchev–Trinajstić information content (AvgIpc) is 2.12. The molecule has 0 heterocycles. The van der Waals surface area contributed by atoms with E-state index >= 15 is 0 Å². The van der Waals surface area contributed by atoms with Gasteiger partial charge in [-0.2, -0.15) is 0 Å². The van der Waals surface area contributed by atoms with Crippen LogP contribution in [0.3, 0.4) is 0 Å². The highest BCUT2D eigenvalue weighted by molar-refractivity contribution is 6.18. The van der Waals surface area contributed by atoms with Gasteiger partial charge in [0.1, 0.15) is 5.75 Å². The largest absolute Gasteiger partial charge is 0.508 e. The normalized spacial score (nSPS) is 9.08. The minimum absolute atomic E-state index is 0.290. The lowest BCUT2D eigenvalue weighted by Crippen LogP contribution is -1.78. The van der Waals surface area contributed by atoms with Crippen LogP contribution in [0.5, 0.6) is 5.75 Å². The van der Waals surface area contributed by atoms with Gasteiger partial charge in [-0.25, -0.2) is 0 Å². The van der Waals surface area contributed by atoms with Crippen molar-refractivity contribution in [3.05, 3.63) is 29.3 Å². The van der Waals surface area contributed by atoms with Gasteiger partial charge in [0.25, 0.3) is 0 Å². The Morgan fingerprint density at radius 1 is 1.46 bits per heavy atom. The first-order chi connectivity index (χ1) is 6.24. The zero-order valence-electron chi connectivity index (χ0n) is 7.47. The van der Waals surface area contributed by atoms with E-state index in [4.69, 9.17) is 11.6 Å². The Kier molecular flexibility index (Phi) is 3.67. The molecule has 0 saturated carbocycles. The summed E-state index contributed by atoms with van der Waals surface area (Å²) in [5, 5.41) is 9.36. The van der Waals surface area contributed by atoms with E-state index in [0.717, 1.165) is 11.1 Å². The average molecular weight is 195 g/mol. The van der Waals surface area contributed by atoms with Crippen LogP contribution in [0.15, 0.2) is 18.2 Å². The van der Waals surface area contributed by atoms with Crippen LogP contribution in [0.1, 0.15) is 17.5 Å². The zero-order valence-corrected chi connectivity index (χ0v) is 8.23. The molecule has 0 unspecified atom stereocenters. The van der Waals surface area contributed by atoms with Gasteiger partial charge in [-0.3, -0.25) is 0 Å². The second-order valence-corrected chi connectivity index (χ2v) is 3.12. The number of halogens is 1. The lowest BCUT2D eigenvalue weighted by atomic mass is 10.1. The molecule has 0 spiro atoms. The van der Waals surface area contributed by atoms with E-state index in [9.17, 15) is 5.11 Å². The van der Waals surface area contributed by atoms with Crippen LogP contribution < -0.4 is 0 Å². The molecule has 0 aliphatic heterocycles. The minimum Gasteiger partial charge on any atom is -0.508 e. The molecule has 1 aromatic carbocycles. The number of alkyl halides is 1. The number of phenols is 1. The highest BCUT2D eigenvalue weighted by Crippen LogP contribution is 2.16. The molecule has 1 aromatic rings. The first-order valence-corrected chi connectivity index (χ1v) is 4.62. The van der Waals surface area contributed by atoms with Crippen molar-refractivity contribution in [3.8, 4) is 17.6 Å². The number of phenolic OH excluding ortho intramolecular Hbond substituents is 1. The highest BCUT2D eigenvalue weighted by Gasteiger charge is 1.94. The van der Waals surface area contributed by atoms with E-state index in [-0.39, 0.29) is 5.75 Å². The number of hydrogen-bond acceptors (Lipinski definition) is 1. The van der Waals surface area contributed by atoms with Gasteiger partial charge in [0, 0.05) is 17.9 Å². The maximum absolute atomic E-state index is 9.36. The lowest BCUT2D eigenvalue weighted by molar-refractivity contribution is 0.471.